The number of amides is 2. The van der Waals surface area contributed by atoms with E-state index in [4.69, 9.17) is 55.9 Å². The molecule has 0 bridgehead atoms. The van der Waals surface area contributed by atoms with Crippen LogP contribution in [0.1, 0.15) is 112 Å². The molecule has 6 aromatic carbocycles. The molecule has 6 aromatic rings. The zero-order chi connectivity index (χ0) is 63.5. The van der Waals surface area contributed by atoms with Crippen LogP contribution >= 0.6 is 46.4 Å². The van der Waals surface area contributed by atoms with Gasteiger partial charge in [-0.25, -0.2) is 34.4 Å². The number of anilines is 2. The van der Waals surface area contributed by atoms with Crippen LogP contribution < -0.4 is 8.61 Å². The minimum absolute atomic E-state index is 0.206. The Labute approximate surface area is 526 Å². The molecule has 2 saturated heterocycles. The quantitative estimate of drug-likeness (QED) is 0.0609. The Morgan fingerprint density at radius 1 is 0.523 bits per heavy atom. The van der Waals surface area contributed by atoms with Gasteiger partial charge in [-0.2, -0.15) is 0 Å². The summed E-state index contributed by atoms with van der Waals surface area (Å²) in [6, 6.07) is 28.7. The van der Waals surface area contributed by atoms with Crippen LogP contribution in [0.25, 0.3) is 0 Å². The van der Waals surface area contributed by atoms with Crippen molar-refractivity contribution >= 4 is 102 Å². The molecule has 468 valence electrons. The van der Waals surface area contributed by atoms with Crippen LogP contribution in [0.2, 0.25) is 20.1 Å². The third-order valence-electron chi connectivity index (χ3n) is 15.7. The highest BCUT2D eigenvalue weighted by Crippen LogP contribution is 2.48. The fraction of sp³-hybridized carbons (Fsp3) is 0.355. The average molecular weight is 1340 g/mol. The summed E-state index contributed by atoms with van der Waals surface area (Å²) < 4.78 is 127. The molecule has 2 saturated carbocycles. The van der Waals surface area contributed by atoms with Crippen LogP contribution in [0.5, 0.6) is 0 Å². The lowest BCUT2D eigenvalue weighted by Gasteiger charge is -2.48. The molecule has 2 aliphatic heterocycles. The number of sulfonamides is 2. The predicted molar refractivity (Wildman–Crippen MR) is 324 cm³/mol. The zero-order valence-corrected chi connectivity index (χ0v) is 51.8. The van der Waals surface area contributed by atoms with Crippen LogP contribution in [0.4, 0.5) is 28.9 Å². The molecular formula is C62H60Cl4F4N4O12S2. The predicted octanol–water partition coefficient (Wildman–Crippen LogP) is 13.1. The molecule has 0 aromatic heterocycles. The molecule has 10 rings (SSSR count). The summed E-state index contributed by atoms with van der Waals surface area (Å²) in [5, 5.41) is 19.5. The Kier molecular flexibility index (Phi) is 20.8. The van der Waals surface area contributed by atoms with Gasteiger partial charge in [-0.3, -0.25) is 27.8 Å². The maximum Gasteiger partial charge on any atom is 0.306 e. The standard InChI is InChI=1S/2C31H30Cl2F2N2O6S/c2*1-2-23(17-36(44(41,42)24-11-12-24)26-13-10-22(34)15-25(26)35)37-29(18-6-8-20(32)9-7-18)30(19-4-3-5-21(33)14-19)43-27(31(37)40)16-28(38)39/h2*3-10,13-15,23-24,27,29-30H,2,11-12,16-17H2,1H3,(H,38,39)/t23?,27-,29+,30+;23?,27-,29-,30-/m01/s1. The van der Waals surface area contributed by atoms with Crippen molar-refractivity contribution in [3.63, 3.8) is 0 Å². The van der Waals surface area contributed by atoms with Crippen LogP contribution in [0, 0.1) is 23.3 Å². The van der Waals surface area contributed by atoms with Gasteiger partial charge in [0.25, 0.3) is 11.8 Å². The summed E-state index contributed by atoms with van der Waals surface area (Å²) in [6.45, 7) is 2.76. The number of hydrogen-bond donors (Lipinski definition) is 2. The largest absolute Gasteiger partial charge is 0.481 e. The van der Waals surface area contributed by atoms with E-state index >= 15 is 8.78 Å². The smallest absolute Gasteiger partial charge is 0.306 e. The first kappa shape index (κ1) is 65.9. The minimum Gasteiger partial charge on any atom is -0.481 e. The summed E-state index contributed by atoms with van der Waals surface area (Å²) in [6.07, 6.45) is -3.98. The number of benzene rings is 6. The van der Waals surface area contributed by atoms with Crippen molar-refractivity contribution in [1.29, 1.82) is 0 Å². The number of nitrogens with zero attached hydrogens (tertiary/aromatic N) is 4. The van der Waals surface area contributed by atoms with Crippen molar-refractivity contribution in [3.05, 3.63) is 199 Å². The topological polar surface area (TPSA) is 208 Å². The second-order valence-corrected chi connectivity index (χ2v) is 27.8. The molecule has 2 amide bonds. The third-order valence-corrected chi connectivity index (χ3v) is 21.2. The monoisotopic (exact) mass is 1330 g/mol. The maximum atomic E-state index is 15.2. The van der Waals surface area contributed by atoms with Crippen LogP contribution in [-0.2, 0) is 48.7 Å². The summed E-state index contributed by atoms with van der Waals surface area (Å²) in [5.41, 5.74) is 1.62. The van der Waals surface area contributed by atoms with E-state index in [1.165, 1.54) is 9.80 Å². The molecule has 88 heavy (non-hydrogen) atoms. The van der Waals surface area contributed by atoms with Gasteiger partial charge in [0.2, 0.25) is 20.0 Å². The molecule has 4 aliphatic rings. The first-order valence-electron chi connectivity index (χ1n) is 28.1. The maximum absolute atomic E-state index is 15.2. The Morgan fingerprint density at radius 3 is 1.17 bits per heavy atom. The number of carboxylic acids is 2. The number of carbonyl (C=O) groups is 4. The van der Waals surface area contributed by atoms with Crippen molar-refractivity contribution in [2.45, 2.75) is 124 Å². The molecule has 2 N–H and O–H groups in total. The van der Waals surface area contributed by atoms with Crippen LogP contribution in [0.3, 0.4) is 0 Å². The SMILES string of the molecule is CCC(CN(c1ccc(F)cc1F)S(=O)(=O)C1CC1)N1C(=O)[C@@H](CC(=O)O)O[C@H](c2cccc(Cl)c2)[C@H]1c1ccc(Cl)cc1.CCC(CN(c1ccc(F)cc1F)S(=O)(=O)C1CC1)N1C(=O)[C@H](CC(=O)O)O[C@H](c2cccc(Cl)c2)[C@H]1c1ccc(Cl)cc1. The summed E-state index contributed by atoms with van der Waals surface area (Å²) >= 11 is 25.0. The third kappa shape index (κ3) is 14.9. The average Bonchev–Trinajstić information content (AvgIpc) is 1.11. The second-order valence-electron chi connectivity index (χ2n) is 21.7. The van der Waals surface area contributed by atoms with Gasteiger partial charge in [0, 0.05) is 32.2 Å². The van der Waals surface area contributed by atoms with Gasteiger partial charge < -0.3 is 29.5 Å². The van der Waals surface area contributed by atoms with Gasteiger partial charge in [0.05, 0.1) is 72.0 Å². The van der Waals surface area contributed by atoms with Crippen molar-refractivity contribution in [1.82, 2.24) is 9.80 Å². The number of hydrogen-bond acceptors (Lipinski definition) is 10. The van der Waals surface area contributed by atoms with E-state index in [2.05, 4.69) is 0 Å². The number of carboxylic acid groups (broad SMARTS) is 2. The number of ether oxygens (including phenoxy) is 2. The van der Waals surface area contributed by atoms with E-state index in [0.717, 1.165) is 32.9 Å². The lowest BCUT2D eigenvalue weighted by Crippen LogP contribution is -2.58. The summed E-state index contributed by atoms with van der Waals surface area (Å²) in [4.78, 5) is 54.9. The van der Waals surface area contributed by atoms with Gasteiger partial charge in [-0.05, 0) is 134 Å². The van der Waals surface area contributed by atoms with Gasteiger partial charge in [0.15, 0.2) is 0 Å². The molecular weight excluding hydrogens is 1270 g/mol. The van der Waals surface area contributed by atoms with E-state index < -0.39 is 139 Å². The molecule has 8 atom stereocenters. The van der Waals surface area contributed by atoms with Gasteiger partial charge in [0.1, 0.15) is 47.7 Å². The number of halogens is 8. The fourth-order valence-corrected chi connectivity index (χ4v) is 15.6. The zero-order valence-electron chi connectivity index (χ0n) is 47.2. The van der Waals surface area contributed by atoms with Crippen molar-refractivity contribution in [2.75, 3.05) is 21.7 Å². The highest BCUT2D eigenvalue weighted by molar-refractivity contribution is 7.94. The normalized spacial score (nSPS) is 21.2. The number of morpholine rings is 2. The van der Waals surface area contributed by atoms with E-state index in [1.54, 1.807) is 111 Å². The Balaban J connectivity index is 0.000000209. The highest BCUT2D eigenvalue weighted by atomic mass is 35.5. The molecule has 2 heterocycles. The highest BCUT2D eigenvalue weighted by Gasteiger charge is 2.52. The van der Waals surface area contributed by atoms with Crippen molar-refractivity contribution in [2.24, 2.45) is 0 Å². The Morgan fingerprint density at radius 2 is 0.875 bits per heavy atom. The summed E-state index contributed by atoms with van der Waals surface area (Å²) in [7, 11) is -8.19. The van der Waals surface area contributed by atoms with Gasteiger partial charge in [-0.15, -0.1) is 0 Å². The van der Waals surface area contributed by atoms with Crippen LogP contribution in [0.15, 0.2) is 133 Å². The molecule has 4 fully saturated rings. The van der Waals surface area contributed by atoms with Crippen molar-refractivity contribution < 1.29 is 73.3 Å². The van der Waals surface area contributed by atoms with Crippen molar-refractivity contribution in [3.8, 4) is 0 Å². The Bertz CT molecular complexity index is 3550. The summed E-state index contributed by atoms with van der Waals surface area (Å²) in [5.74, 6) is -7.72. The molecule has 0 radical (unpaired) electrons. The lowest BCUT2D eigenvalue weighted by molar-refractivity contribution is -0.183. The molecule has 26 heteroatoms. The molecule has 2 aliphatic carbocycles. The van der Waals surface area contributed by atoms with E-state index in [0.29, 0.717) is 80.2 Å². The fourth-order valence-electron chi connectivity index (χ4n) is 11.1. The number of rotatable bonds is 22. The Hall–Kier alpha value is -6.50. The van der Waals surface area contributed by atoms with E-state index in [1.807, 2.05) is 0 Å². The first-order valence-corrected chi connectivity index (χ1v) is 32.7. The van der Waals surface area contributed by atoms with E-state index in [-0.39, 0.29) is 37.3 Å². The second kappa shape index (κ2) is 27.7. The first-order chi connectivity index (χ1) is 41.8. The van der Waals surface area contributed by atoms with Crippen LogP contribution in [-0.4, -0.2) is 108 Å². The number of aliphatic carboxylic acids is 2. The molecule has 16 nitrogen and oxygen atoms in total. The molecule has 0 spiro atoms. The minimum atomic E-state index is -4.10. The lowest BCUT2D eigenvalue weighted by atomic mass is 9.89. The number of carbonyl (C=O) groups excluding carboxylic acids is 2. The van der Waals surface area contributed by atoms with Gasteiger partial charge in [-0.1, -0.05) is 109 Å². The molecule has 2 unspecified atom stereocenters. The van der Waals surface area contributed by atoms with Gasteiger partial charge >= 0.3 is 11.9 Å². The van der Waals surface area contributed by atoms with E-state index in [9.17, 15) is 55.0 Å².